The second-order valence-corrected chi connectivity index (χ2v) is 9.84. The van der Waals surface area contributed by atoms with E-state index >= 15 is 0 Å². The maximum Gasteiger partial charge on any atom is 0.336 e. The number of hydrogen-bond donors (Lipinski definition) is 3. The topological polar surface area (TPSA) is 67.9 Å². The van der Waals surface area contributed by atoms with E-state index in [-0.39, 0.29) is 5.56 Å². The Hall–Kier alpha value is -3.27. The molecule has 3 aromatic carbocycles. The van der Waals surface area contributed by atoms with Gasteiger partial charge in [-0.2, -0.15) is 0 Å². The van der Waals surface area contributed by atoms with Crippen molar-refractivity contribution in [2.45, 2.75) is 18.9 Å². The van der Waals surface area contributed by atoms with E-state index in [4.69, 9.17) is 11.6 Å². The smallest absolute Gasteiger partial charge is 0.336 e. The summed E-state index contributed by atoms with van der Waals surface area (Å²) >= 11 is 10.9. The summed E-state index contributed by atoms with van der Waals surface area (Å²) in [6.07, 6.45) is 2.14. The number of thiol groups is 1. The number of nitrogens with zero attached hydrogens (tertiary/aromatic N) is 3. The van der Waals surface area contributed by atoms with Crippen LogP contribution in [0.5, 0.6) is 0 Å². The third-order valence-electron chi connectivity index (χ3n) is 6.50. The first-order chi connectivity index (χ1) is 17.7. The van der Waals surface area contributed by atoms with Crippen LogP contribution < -0.4 is 19.8 Å². The number of likely N-dealkylation sites (tertiary alicyclic amines) is 1. The van der Waals surface area contributed by atoms with Crippen LogP contribution in [-0.2, 0) is 0 Å². The van der Waals surface area contributed by atoms with Crippen LogP contribution >= 0.6 is 24.4 Å². The van der Waals surface area contributed by atoms with E-state index in [1.54, 1.807) is 36.4 Å². The van der Waals surface area contributed by atoms with E-state index in [9.17, 15) is 14.0 Å². The minimum atomic E-state index is -0.601. The molecule has 0 saturated carbocycles. The van der Waals surface area contributed by atoms with Crippen LogP contribution in [-0.4, -0.2) is 50.1 Å². The Bertz CT molecular complexity index is 1270. The van der Waals surface area contributed by atoms with Gasteiger partial charge in [0.2, 0.25) is 0 Å². The number of carbonyl (C=O) groups is 2. The fourth-order valence-corrected chi connectivity index (χ4v) is 4.77. The molecule has 4 rings (SSSR count). The Labute approximate surface area is 226 Å². The summed E-state index contributed by atoms with van der Waals surface area (Å²) < 4.78 is 15.0. The van der Waals surface area contributed by atoms with Crippen LogP contribution in [0, 0.1) is 5.82 Å². The Balaban J connectivity index is 1.36. The summed E-state index contributed by atoms with van der Waals surface area (Å²) in [7, 11) is 4.18. The fraction of sp³-hybridized carbons (Fsp3) is 0.259. The van der Waals surface area contributed by atoms with E-state index in [0.717, 1.165) is 35.9 Å². The predicted molar refractivity (Wildman–Crippen MR) is 152 cm³/mol. The molecule has 0 atom stereocenters. The number of rotatable bonds is 6. The van der Waals surface area contributed by atoms with E-state index in [1.165, 1.54) is 18.2 Å². The lowest BCUT2D eigenvalue weighted by Gasteiger charge is -2.36. The monoisotopic (exact) mass is 541 g/mol. The molecule has 1 saturated heterocycles. The van der Waals surface area contributed by atoms with Gasteiger partial charge in [-0.15, -0.1) is 0 Å². The third-order valence-corrected chi connectivity index (χ3v) is 7.21. The Morgan fingerprint density at radius 3 is 2.30 bits per heavy atom. The van der Waals surface area contributed by atoms with Crippen molar-refractivity contribution in [2.24, 2.45) is 0 Å². The Morgan fingerprint density at radius 1 is 1.00 bits per heavy atom. The molecule has 0 radical (unpaired) electrons. The second-order valence-electron chi connectivity index (χ2n) is 9.03. The van der Waals surface area contributed by atoms with Crippen molar-refractivity contribution in [1.82, 2.24) is 4.90 Å². The molecule has 194 valence electrons. The first-order valence-electron chi connectivity index (χ1n) is 11.9. The van der Waals surface area contributed by atoms with Crippen molar-refractivity contribution < 1.29 is 14.0 Å². The zero-order valence-electron chi connectivity index (χ0n) is 20.6. The van der Waals surface area contributed by atoms with Gasteiger partial charge < -0.3 is 20.4 Å². The minimum Gasteiger partial charge on any atom is -0.370 e. The lowest BCUT2D eigenvalue weighted by atomic mass is 10.0. The molecule has 0 aliphatic carbocycles. The summed E-state index contributed by atoms with van der Waals surface area (Å²) in [4.78, 5) is 29.6. The molecule has 10 heteroatoms. The SMILES string of the molecule is CN1CCC(N(C)c2ccc(NC(=O)N(S)c3ccc(NC(=O)c4ccccc4F)cc3)cc2Cl)CC1. The quantitative estimate of drug-likeness (QED) is 0.328. The number of hydrogen-bond acceptors (Lipinski definition) is 5. The van der Waals surface area contributed by atoms with E-state index < -0.39 is 17.8 Å². The van der Waals surface area contributed by atoms with Crippen molar-refractivity contribution >= 4 is 59.1 Å². The summed E-state index contributed by atoms with van der Waals surface area (Å²) in [5.41, 5.74) is 2.35. The lowest BCUT2D eigenvalue weighted by molar-refractivity contribution is 0.102. The summed E-state index contributed by atoms with van der Waals surface area (Å²) in [6, 6.07) is 17.6. The summed E-state index contributed by atoms with van der Waals surface area (Å²) in [5.74, 6) is -1.16. The highest BCUT2D eigenvalue weighted by Gasteiger charge is 2.22. The van der Waals surface area contributed by atoms with Gasteiger partial charge in [0.1, 0.15) is 5.82 Å². The largest absolute Gasteiger partial charge is 0.370 e. The van der Waals surface area contributed by atoms with Gasteiger partial charge in [0.25, 0.3) is 5.91 Å². The van der Waals surface area contributed by atoms with Crippen LogP contribution in [0.15, 0.2) is 66.7 Å². The standard InChI is InChI=1S/C27H29ClFN5O2S/c1-32-15-13-20(14-16-32)33(2)25-12-9-19(17-23(25)28)31-27(36)34(37)21-10-7-18(8-11-21)30-26(35)22-5-3-4-6-24(22)29/h3-12,17,20,37H,13-16H2,1-2H3,(H,30,35)(H,31,36). The highest BCUT2D eigenvalue weighted by Crippen LogP contribution is 2.32. The number of halogens is 2. The van der Waals surface area contributed by atoms with Gasteiger partial charge in [-0.25, -0.2) is 13.5 Å². The second kappa shape index (κ2) is 11.9. The number of nitrogens with one attached hydrogen (secondary N) is 2. The first kappa shape index (κ1) is 26.8. The van der Waals surface area contributed by atoms with Crippen molar-refractivity contribution in [3.05, 3.63) is 83.1 Å². The highest BCUT2D eigenvalue weighted by molar-refractivity contribution is 7.82. The van der Waals surface area contributed by atoms with E-state index in [1.807, 2.05) is 19.2 Å². The molecule has 3 amide bonds. The van der Waals surface area contributed by atoms with E-state index in [2.05, 4.69) is 40.3 Å². The van der Waals surface area contributed by atoms with Gasteiger partial charge in [-0.3, -0.25) is 4.79 Å². The van der Waals surface area contributed by atoms with E-state index in [0.29, 0.717) is 28.1 Å². The van der Waals surface area contributed by atoms with Crippen LogP contribution in [0.25, 0.3) is 0 Å². The number of piperidine rings is 1. The highest BCUT2D eigenvalue weighted by atomic mass is 35.5. The molecule has 1 aliphatic heterocycles. The van der Waals surface area contributed by atoms with Crippen molar-refractivity contribution in [1.29, 1.82) is 0 Å². The normalized spacial score (nSPS) is 14.2. The zero-order chi connectivity index (χ0) is 26.5. The molecule has 1 heterocycles. The number of urea groups is 1. The lowest BCUT2D eigenvalue weighted by Crippen LogP contribution is -2.42. The van der Waals surface area contributed by atoms with Crippen molar-refractivity contribution in [3.8, 4) is 0 Å². The molecule has 3 aromatic rings. The average Bonchev–Trinajstić information content (AvgIpc) is 2.89. The maximum absolute atomic E-state index is 13.8. The Kier molecular flexibility index (Phi) is 8.58. The van der Waals surface area contributed by atoms with Gasteiger partial charge in [0.15, 0.2) is 0 Å². The fourth-order valence-electron chi connectivity index (χ4n) is 4.27. The molecule has 0 bridgehead atoms. The number of amides is 3. The van der Waals surface area contributed by atoms with Crippen LogP contribution in [0.4, 0.5) is 31.9 Å². The molecule has 1 aliphatic rings. The summed E-state index contributed by atoms with van der Waals surface area (Å²) in [6.45, 7) is 2.11. The molecule has 0 aromatic heterocycles. The van der Waals surface area contributed by atoms with Gasteiger partial charge in [0.05, 0.1) is 22.0 Å². The number of anilines is 4. The van der Waals surface area contributed by atoms with Gasteiger partial charge in [-0.05, 0) is 87.6 Å². The van der Waals surface area contributed by atoms with Crippen molar-refractivity contribution in [2.75, 3.05) is 47.0 Å². The molecule has 0 spiro atoms. The first-order valence-corrected chi connectivity index (χ1v) is 12.7. The van der Waals surface area contributed by atoms with Crippen LogP contribution in [0.2, 0.25) is 5.02 Å². The van der Waals surface area contributed by atoms with Crippen LogP contribution in [0.1, 0.15) is 23.2 Å². The molecule has 0 unspecified atom stereocenters. The number of benzene rings is 3. The maximum atomic E-state index is 13.8. The molecule has 7 nitrogen and oxygen atoms in total. The predicted octanol–water partition coefficient (Wildman–Crippen LogP) is 6.15. The van der Waals surface area contributed by atoms with Crippen LogP contribution in [0.3, 0.4) is 0 Å². The molecular weight excluding hydrogens is 513 g/mol. The van der Waals surface area contributed by atoms with Crippen molar-refractivity contribution in [3.63, 3.8) is 0 Å². The molecule has 37 heavy (non-hydrogen) atoms. The molecule has 2 N–H and O–H groups in total. The van der Waals surface area contributed by atoms with Gasteiger partial charge in [-0.1, -0.05) is 36.5 Å². The Morgan fingerprint density at radius 2 is 1.65 bits per heavy atom. The zero-order valence-corrected chi connectivity index (χ0v) is 22.3. The molecule has 1 fully saturated rings. The summed E-state index contributed by atoms with van der Waals surface area (Å²) in [5, 5.41) is 5.99. The number of carbonyl (C=O) groups excluding carboxylic acids is 2. The minimum absolute atomic E-state index is 0.0519. The van der Waals surface area contributed by atoms with Gasteiger partial charge in [0, 0.05) is 24.5 Å². The van der Waals surface area contributed by atoms with Gasteiger partial charge >= 0.3 is 6.03 Å². The average molecular weight is 542 g/mol. The molecular formula is C27H29ClFN5O2S. The third kappa shape index (κ3) is 6.54.